The number of likely N-dealkylation sites (tertiary alicyclic amines) is 1. The van der Waals surface area contributed by atoms with Gasteiger partial charge < -0.3 is 4.74 Å². The second-order valence-corrected chi connectivity index (χ2v) is 13.6. The molecule has 0 amide bonds. The number of rotatable bonds is 10. The van der Waals surface area contributed by atoms with Crippen molar-refractivity contribution in [3.05, 3.63) is 53.1 Å². The van der Waals surface area contributed by atoms with Crippen LogP contribution in [0.1, 0.15) is 30.9 Å². The summed E-state index contributed by atoms with van der Waals surface area (Å²) >= 11 is -0.137. The third kappa shape index (κ3) is 6.13. The summed E-state index contributed by atoms with van der Waals surface area (Å²) in [5, 5.41) is 21.6. The van der Waals surface area contributed by atoms with Crippen LogP contribution >= 0.6 is 0 Å². The van der Waals surface area contributed by atoms with E-state index in [1.807, 2.05) is 28.0 Å². The molecule has 8 nitrogen and oxygen atoms in total. The van der Waals surface area contributed by atoms with Crippen LogP contribution in [0.5, 0.6) is 5.75 Å². The quantitative estimate of drug-likeness (QED) is 0.361. The molecule has 3 heterocycles. The molecule has 0 radical (unpaired) electrons. The first-order valence-electron chi connectivity index (χ1n) is 11.6. The van der Waals surface area contributed by atoms with Gasteiger partial charge in [-0.25, -0.2) is 0 Å². The molecule has 0 bridgehead atoms. The summed E-state index contributed by atoms with van der Waals surface area (Å²) in [6.45, 7) is 1.31. The number of sulfone groups is 1. The molecular formula is C25H30N2O6SSe. The number of aromatic nitrogens is 1. The van der Waals surface area contributed by atoms with Crippen LogP contribution in [0.4, 0.5) is 0 Å². The summed E-state index contributed by atoms with van der Waals surface area (Å²) in [6, 6.07) is 10.8. The summed E-state index contributed by atoms with van der Waals surface area (Å²) in [7, 11) is -1.71. The predicted molar refractivity (Wildman–Crippen MR) is 134 cm³/mol. The second kappa shape index (κ2) is 11.2. The standard InChI is InChI=1S/C25H30N2O6SSe/c1-33-18-5-6-22-20(15-18)19(8-10-26-22)23(28)7-4-17-9-11-27(16-21(17)25(29)30)12-13-34(31,32)24-3-2-14-35-24/h2-3,5-6,8,10,14-15,17,21,23,28H,4,7,9,11-13,16H2,1H3,(H,29,30)/t17-,21+,23+/m1/s1. The Morgan fingerprint density at radius 1 is 1.31 bits per heavy atom. The molecule has 0 unspecified atom stereocenters. The fourth-order valence-corrected chi connectivity index (χ4v) is 8.59. The van der Waals surface area contributed by atoms with Gasteiger partial charge in [-0.3, -0.25) is 4.98 Å². The minimum atomic E-state index is -3.30. The van der Waals surface area contributed by atoms with Crippen LogP contribution < -0.4 is 4.74 Å². The molecule has 1 fully saturated rings. The van der Waals surface area contributed by atoms with Crippen molar-refractivity contribution in [1.29, 1.82) is 0 Å². The number of carboxylic acid groups (broad SMARTS) is 1. The Hall–Kier alpha value is -2.23. The van der Waals surface area contributed by atoms with Crippen LogP contribution in [0.15, 0.2) is 51.3 Å². The monoisotopic (exact) mass is 566 g/mol. The molecule has 1 aliphatic rings. The maximum atomic E-state index is 12.5. The van der Waals surface area contributed by atoms with Crippen molar-refractivity contribution in [3.63, 3.8) is 0 Å². The van der Waals surface area contributed by atoms with Crippen molar-refractivity contribution >= 4 is 41.2 Å². The average Bonchev–Trinajstić information content (AvgIpc) is 3.42. The number of nitrogens with zero attached hydrogens (tertiary/aromatic N) is 2. The summed E-state index contributed by atoms with van der Waals surface area (Å²) in [5.41, 5.74) is 1.51. The fourth-order valence-electron chi connectivity index (χ4n) is 4.78. The number of hydrogen-bond acceptors (Lipinski definition) is 7. The number of ether oxygens (including phenoxy) is 1. The largest absolute Gasteiger partial charge is 0.0102 e. The zero-order chi connectivity index (χ0) is 25.0. The number of aliphatic hydroxyl groups is 1. The molecule has 188 valence electrons. The molecule has 0 saturated carbocycles. The first-order valence-corrected chi connectivity index (χ1v) is 15.1. The van der Waals surface area contributed by atoms with E-state index >= 15 is 0 Å². The topological polar surface area (TPSA) is 117 Å². The van der Waals surface area contributed by atoms with Gasteiger partial charge in [0.15, 0.2) is 0 Å². The van der Waals surface area contributed by atoms with Gasteiger partial charge in [-0.1, -0.05) is 0 Å². The van der Waals surface area contributed by atoms with E-state index in [0.29, 0.717) is 48.4 Å². The van der Waals surface area contributed by atoms with Gasteiger partial charge in [0.1, 0.15) is 5.75 Å². The Bertz CT molecular complexity index is 1260. The molecule has 3 atom stereocenters. The third-order valence-corrected chi connectivity index (χ3v) is 11.7. The van der Waals surface area contributed by atoms with Gasteiger partial charge in [0.05, 0.1) is 12.6 Å². The molecule has 1 aromatic carbocycles. The molecule has 4 rings (SSSR count). The summed E-state index contributed by atoms with van der Waals surface area (Å²) in [6.07, 6.45) is 2.57. The number of aliphatic hydroxyl groups excluding tert-OH is 1. The van der Waals surface area contributed by atoms with Crippen LogP contribution in [-0.4, -0.2) is 81.5 Å². The van der Waals surface area contributed by atoms with Gasteiger partial charge in [-0.05, 0) is 24.3 Å². The van der Waals surface area contributed by atoms with Crippen LogP contribution in [0, 0.1) is 11.8 Å². The summed E-state index contributed by atoms with van der Waals surface area (Å²) < 4.78 is 30.9. The van der Waals surface area contributed by atoms with E-state index in [0.717, 1.165) is 16.5 Å². The van der Waals surface area contributed by atoms with E-state index < -0.39 is 27.8 Å². The number of pyridine rings is 1. The molecule has 1 saturated heterocycles. The van der Waals surface area contributed by atoms with E-state index in [1.54, 1.807) is 31.5 Å². The minimum Gasteiger partial charge on any atom is -0.0102 e. The normalized spacial score (nSPS) is 20.1. The molecular weight excluding hydrogens is 535 g/mol. The molecule has 2 aromatic heterocycles. The number of benzene rings is 1. The van der Waals surface area contributed by atoms with Crippen molar-refractivity contribution in [1.82, 2.24) is 9.88 Å². The van der Waals surface area contributed by atoms with E-state index in [9.17, 15) is 23.4 Å². The van der Waals surface area contributed by atoms with Crippen LogP contribution in [0.3, 0.4) is 0 Å². The number of carbonyl (C=O) groups is 1. The zero-order valence-electron chi connectivity index (χ0n) is 19.5. The Kier molecular flexibility index (Phi) is 8.29. The van der Waals surface area contributed by atoms with Crippen molar-refractivity contribution in [2.45, 2.75) is 29.1 Å². The average molecular weight is 566 g/mol. The number of piperidine rings is 1. The summed E-state index contributed by atoms with van der Waals surface area (Å²) in [4.78, 5) is 20.2. The van der Waals surface area contributed by atoms with E-state index in [-0.39, 0.29) is 26.2 Å². The van der Waals surface area contributed by atoms with E-state index in [2.05, 4.69) is 4.98 Å². The van der Waals surface area contributed by atoms with Crippen molar-refractivity contribution < 1.29 is 28.2 Å². The van der Waals surface area contributed by atoms with Crippen LogP contribution in [0.2, 0.25) is 0 Å². The van der Waals surface area contributed by atoms with Gasteiger partial charge in [0.2, 0.25) is 0 Å². The minimum absolute atomic E-state index is 0.0105. The van der Waals surface area contributed by atoms with Gasteiger partial charge in [-0.2, -0.15) is 0 Å². The number of aliphatic carboxylic acids is 1. The Labute approximate surface area is 211 Å². The number of methoxy groups -OCH3 is 1. The second-order valence-electron chi connectivity index (χ2n) is 8.92. The molecule has 0 spiro atoms. The molecule has 10 heteroatoms. The maximum Gasteiger partial charge on any atom is 0.00964 e. The van der Waals surface area contributed by atoms with Crippen molar-refractivity contribution in [3.8, 4) is 5.75 Å². The van der Waals surface area contributed by atoms with Gasteiger partial charge in [0, 0.05) is 11.6 Å². The first-order chi connectivity index (χ1) is 16.8. The van der Waals surface area contributed by atoms with Gasteiger partial charge >= 0.3 is 148 Å². The number of carboxylic acids is 1. The van der Waals surface area contributed by atoms with Crippen molar-refractivity contribution in [2.24, 2.45) is 11.8 Å². The van der Waals surface area contributed by atoms with Crippen LogP contribution in [-0.2, 0) is 14.6 Å². The fraction of sp³-hybridized carbons (Fsp3) is 0.440. The maximum absolute atomic E-state index is 12.5. The molecule has 1 aliphatic heterocycles. The van der Waals surface area contributed by atoms with E-state index in [4.69, 9.17) is 4.74 Å². The number of hydrogen-bond donors (Lipinski definition) is 2. The molecule has 2 N–H and O–H groups in total. The summed E-state index contributed by atoms with van der Waals surface area (Å²) in [5.74, 6) is -0.855. The SMILES string of the molecule is COc1ccc2nccc([C@@H](O)CC[C@@H]3CCN(CCS(=O)(=O)c4ccc[se]4)C[C@@H]3C(=O)O)c2c1. The Balaban J connectivity index is 1.38. The molecule has 35 heavy (non-hydrogen) atoms. The van der Waals surface area contributed by atoms with E-state index in [1.165, 1.54) is 0 Å². The zero-order valence-corrected chi connectivity index (χ0v) is 22.1. The van der Waals surface area contributed by atoms with Crippen LogP contribution in [0.25, 0.3) is 10.9 Å². The smallest absolute Gasteiger partial charge is 0.00964 e. The first kappa shape index (κ1) is 25.9. The predicted octanol–water partition coefficient (Wildman–Crippen LogP) is 2.61. The number of fused-ring (bicyclic) bond motifs is 1. The Morgan fingerprint density at radius 3 is 2.86 bits per heavy atom. The van der Waals surface area contributed by atoms with Crippen molar-refractivity contribution in [2.75, 3.05) is 32.5 Å². The molecule has 3 aromatic rings. The van der Waals surface area contributed by atoms with Gasteiger partial charge in [-0.15, -0.1) is 0 Å². The Morgan fingerprint density at radius 2 is 2.14 bits per heavy atom. The third-order valence-electron chi connectivity index (χ3n) is 6.79. The van der Waals surface area contributed by atoms with Gasteiger partial charge in [0.25, 0.3) is 0 Å². The molecule has 0 aliphatic carbocycles.